The molecule has 1 aliphatic heterocycles. The van der Waals surface area contributed by atoms with E-state index in [9.17, 15) is 9.59 Å². The lowest BCUT2D eigenvalue weighted by atomic mass is 10.1. The SMILES string of the molecule is COc1ccc(OC)c([C@H](C)NC(=O)CC2=NN(C)C(=O)C2)c1. The highest BCUT2D eigenvalue weighted by molar-refractivity contribution is 6.11. The number of hydrogen-bond donors (Lipinski definition) is 1. The fraction of sp³-hybridized carbons (Fsp3) is 0.438. The molecule has 1 aliphatic rings. The molecule has 1 N–H and O–H groups in total. The highest BCUT2D eigenvalue weighted by atomic mass is 16.5. The fourth-order valence-corrected chi connectivity index (χ4v) is 2.42. The quantitative estimate of drug-likeness (QED) is 0.861. The molecular weight excluding hydrogens is 298 g/mol. The number of carbonyl (C=O) groups excluding carboxylic acids is 2. The van der Waals surface area contributed by atoms with Crippen molar-refractivity contribution in [1.82, 2.24) is 10.3 Å². The lowest BCUT2D eigenvalue weighted by Gasteiger charge is -2.18. The Morgan fingerprint density at radius 2 is 2.13 bits per heavy atom. The van der Waals surface area contributed by atoms with E-state index in [0.717, 1.165) is 5.56 Å². The Bertz CT molecular complexity index is 642. The van der Waals surface area contributed by atoms with Crippen molar-refractivity contribution < 1.29 is 19.1 Å². The molecule has 2 amide bonds. The topological polar surface area (TPSA) is 80.2 Å². The Hall–Kier alpha value is -2.57. The molecule has 1 heterocycles. The van der Waals surface area contributed by atoms with E-state index in [4.69, 9.17) is 9.47 Å². The first kappa shape index (κ1) is 16.8. The molecule has 0 fully saturated rings. The monoisotopic (exact) mass is 319 g/mol. The summed E-state index contributed by atoms with van der Waals surface area (Å²) >= 11 is 0. The summed E-state index contributed by atoms with van der Waals surface area (Å²) in [5.41, 5.74) is 1.39. The zero-order valence-corrected chi connectivity index (χ0v) is 13.8. The van der Waals surface area contributed by atoms with Crippen LogP contribution in [0.1, 0.15) is 31.4 Å². The first-order valence-electron chi connectivity index (χ1n) is 7.28. The van der Waals surface area contributed by atoms with Gasteiger partial charge in [-0.25, -0.2) is 5.01 Å². The van der Waals surface area contributed by atoms with Crippen LogP contribution in [0.3, 0.4) is 0 Å². The van der Waals surface area contributed by atoms with Gasteiger partial charge < -0.3 is 14.8 Å². The van der Waals surface area contributed by atoms with Crippen LogP contribution in [-0.2, 0) is 9.59 Å². The van der Waals surface area contributed by atoms with Crippen LogP contribution < -0.4 is 14.8 Å². The molecule has 124 valence electrons. The summed E-state index contributed by atoms with van der Waals surface area (Å²) in [5, 5.41) is 8.20. The number of hydrazone groups is 1. The van der Waals surface area contributed by atoms with Gasteiger partial charge in [0.25, 0.3) is 0 Å². The van der Waals surface area contributed by atoms with E-state index in [1.807, 2.05) is 13.0 Å². The fourth-order valence-electron chi connectivity index (χ4n) is 2.42. The van der Waals surface area contributed by atoms with E-state index in [-0.39, 0.29) is 30.7 Å². The number of rotatable bonds is 6. The molecule has 0 spiro atoms. The van der Waals surface area contributed by atoms with E-state index in [1.165, 1.54) is 5.01 Å². The van der Waals surface area contributed by atoms with E-state index < -0.39 is 0 Å². The lowest BCUT2D eigenvalue weighted by molar-refractivity contribution is -0.127. The number of nitrogens with zero attached hydrogens (tertiary/aromatic N) is 2. The molecule has 2 rings (SSSR count). The molecular formula is C16H21N3O4. The van der Waals surface area contributed by atoms with Gasteiger partial charge in [0.1, 0.15) is 11.5 Å². The van der Waals surface area contributed by atoms with Crippen molar-refractivity contribution in [3.05, 3.63) is 23.8 Å². The summed E-state index contributed by atoms with van der Waals surface area (Å²) in [4.78, 5) is 23.6. The van der Waals surface area contributed by atoms with Crippen molar-refractivity contribution in [3.63, 3.8) is 0 Å². The molecule has 1 aromatic rings. The maximum absolute atomic E-state index is 12.2. The maximum Gasteiger partial charge on any atom is 0.248 e. The van der Waals surface area contributed by atoms with Gasteiger partial charge in [0.05, 0.1) is 38.8 Å². The highest BCUT2D eigenvalue weighted by Gasteiger charge is 2.23. The van der Waals surface area contributed by atoms with Gasteiger partial charge in [-0.15, -0.1) is 0 Å². The third kappa shape index (κ3) is 4.00. The Morgan fingerprint density at radius 3 is 2.70 bits per heavy atom. The van der Waals surface area contributed by atoms with E-state index in [0.29, 0.717) is 17.2 Å². The van der Waals surface area contributed by atoms with Gasteiger partial charge in [-0.1, -0.05) is 0 Å². The van der Waals surface area contributed by atoms with Crippen LogP contribution in [0.4, 0.5) is 0 Å². The molecule has 1 atom stereocenters. The standard InChI is InChI=1S/C16H21N3O4/c1-10(13-9-12(22-3)5-6-14(13)23-4)17-15(20)7-11-8-16(21)19(2)18-11/h5-6,9-10H,7-8H2,1-4H3,(H,17,20)/t10-/m0/s1. The molecule has 7 nitrogen and oxygen atoms in total. The Labute approximate surface area is 135 Å². The molecule has 0 saturated carbocycles. The van der Waals surface area contributed by atoms with Crippen molar-refractivity contribution >= 4 is 17.5 Å². The average Bonchev–Trinajstić information content (AvgIpc) is 2.84. The van der Waals surface area contributed by atoms with Crippen molar-refractivity contribution in [2.24, 2.45) is 5.10 Å². The van der Waals surface area contributed by atoms with E-state index >= 15 is 0 Å². The number of carbonyl (C=O) groups is 2. The largest absolute Gasteiger partial charge is 0.497 e. The van der Waals surface area contributed by atoms with Crippen molar-refractivity contribution in [3.8, 4) is 11.5 Å². The normalized spacial score (nSPS) is 15.2. The van der Waals surface area contributed by atoms with Crippen molar-refractivity contribution in [2.45, 2.75) is 25.8 Å². The molecule has 0 saturated heterocycles. The van der Waals surface area contributed by atoms with Gasteiger partial charge in [-0.05, 0) is 25.1 Å². The first-order valence-corrected chi connectivity index (χ1v) is 7.28. The average molecular weight is 319 g/mol. The first-order chi connectivity index (χ1) is 10.9. The summed E-state index contributed by atoms with van der Waals surface area (Å²) in [6.45, 7) is 1.86. The second kappa shape index (κ2) is 7.13. The number of methoxy groups -OCH3 is 2. The Kier molecular flexibility index (Phi) is 5.20. The van der Waals surface area contributed by atoms with Gasteiger partial charge in [-0.3, -0.25) is 9.59 Å². The van der Waals surface area contributed by atoms with E-state index in [1.54, 1.807) is 33.4 Å². The summed E-state index contributed by atoms with van der Waals surface area (Å²) in [6.07, 6.45) is 0.299. The van der Waals surface area contributed by atoms with Crippen LogP contribution in [0, 0.1) is 0 Å². The van der Waals surface area contributed by atoms with Crippen LogP contribution in [0.15, 0.2) is 23.3 Å². The molecule has 23 heavy (non-hydrogen) atoms. The molecule has 0 bridgehead atoms. The molecule has 0 aromatic heterocycles. The number of amides is 2. The van der Waals surface area contributed by atoms with E-state index in [2.05, 4.69) is 10.4 Å². The van der Waals surface area contributed by atoms with Crippen LogP contribution >= 0.6 is 0 Å². The summed E-state index contributed by atoms with van der Waals surface area (Å²) in [5.74, 6) is 1.07. The predicted molar refractivity (Wildman–Crippen MR) is 85.5 cm³/mol. The van der Waals surface area contributed by atoms with Gasteiger partial charge in [0, 0.05) is 12.6 Å². The van der Waals surface area contributed by atoms with Crippen molar-refractivity contribution in [1.29, 1.82) is 0 Å². The molecule has 0 unspecified atom stereocenters. The molecule has 0 aliphatic carbocycles. The number of nitrogens with one attached hydrogen (secondary N) is 1. The number of benzene rings is 1. The van der Waals surface area contributed by atoms with Crippen LogP contribution in [0.2, 0.25) is 0 Å². The minimum Gasteiger partial charge on any atom is -0.497 e. The summed E-state index contributed by atoms with van der Waals surface area (Å²) in [6, 6.07) is 5.16. The number of hydrogen-bond acceptors (Lipinski definition) is 5. The minimum atomic E-state index is -0.261. The smallest absolute Gasteiger partial charge is 0.248 e. The second-order valence-corrected chi connectivity index (χ2v) is 5.33. The zero-order chi connectivity index (χ0) is 17.0. The zero-order valence-electron chi connectivity index (χ0n) is 13.8. The Balaban J connectivity index is 2.04. The van der Waals surface area contributed by atoms with Gasteiger partial charge in [0.15, 0.2) is 0 Å². The third-order valence-electron chi connectivity index (χ3n) is 3.65. The van der Waals surface area contributed by atoms with Crippen LogP contribution in [-0.4, -0.2) is 43.8 Å². The Morgan fingerprint density at radius 1 is 1.39 bits per heavy atom. The van der Waals surface area contributed by atoms with Crippen LogP contribution in [0.25, 0.3) is 0 Å². The van der Waals surface area contributed by atoms with Gasteiger partial charge in [-0.2, -0.15) is 5.10 Å². The molecule has 7 heteroatoms. The van der Waals surface area contributed by atoms with Gasteiger partial charge >= 0.3 is 0 Å². The van der Waals surface area contributed by atoms with Crippen molar-refractivity contribution in [2.75, 3.05) is 21.3 Å². The summed E-state index contributed by atoms with van der Waals surface area (Å²) in [7, 11) is 4.74. The molecule has 0 radical (unpaired) electrons. The number of ether oxygens (including phenoxy) is 2. The summed E-state index contributed by atoms with van der Waals surface area (Å²) < 4.78 is 10.5. The predicted octanol–water partition coefficient (Wildman–Crippen LogP) is 1.49. The maximum atomic E-state index is 12.2. The van der Waals surface area contributed by atoms with Crippen LogP contribution in [0.5, 0.6) is 11.5 Å². The minimum absolute atomic E-state index is 0.102. The lowest BCUT2D eigenvalue weighted by Crippen LogP contribution is -2.28. The second-order valence-electron chi connectivity index (χ2n) is 5.33. The molecule has 1 aromatic carbocycles. The van der Waals surface area contributed by atoms with Gasteiger partial charge in [0.2, 0.25) is 11.8 Å². The highest BCUT2D eigenvalue weighted by Crippen LogP contribution is 2.29. The third-order valence-corrected chi connectivity index (χ3v) is 3.65.